The molecular formula is C13H16N2O5S. The largest absolute Gasteiger partial charge is 0.480 e. The van der Waals surface area contributed by atoms with Crippen molar-refractivity contribution in [2.75, 3.05) is 7.05 Å². The quantitative estimate of drug-likeness (QED) is 0.473. The van der Waals surface area contributed by atoms with Gasteiger partial charge in [-0.1, -0.05) is 13.8 Å². The average Bonchev–Trinajstić information content (AvgIpc) is 2.42. The molecule has 2 N–H and O–H groups in total. The molecule has 0 heterocycles. The highest BCUT2D eigenvalue weighted by atomic mass is 32.2. The summed E-state index contributed by atoms with van der Waals surface area (Å²) in [5.41, 5.74) is 0.0399. The van der Waals surface area contributed by atoms with Crippen molar-refractivity contribution < 1.29 is 19.6 Å². The van der Waals surface area contributed by atoms with Gasteiger partial charge in [0.25, 0.3) is 11.6 Å². The molecule has 0 bridgehead atoms. The highest BCUT2D eigenvalue weighted by molar-refractivity contribution is 8.00. The van der Waals surface area contributed by atoms with Gasteiger partial charge in [0, 0.05) is 18.7 Å². The van der Waals surface area contributed by atoms with E-state index in [4.69, 9.17) is 0 Å². The van der Waals surface area contributed by atoms with E-state index in [0.717, 1.165) is 11.8 Å². The number of nitro groups is 1. The van der Waals surface area contributed by atoms with Crippen LogP contribution < -0.4 is 5.32 Å². The summed E-state index contributed by atoms with van der Waals surface area (Å²) in [6, 6.07) is 3.90. The van der Waals surface area contributed by atoms with Crippen LogP contribution in [0, 0.1) is 16.0 Å². The van der Waals surface area contributed by atoms with E-state index in [9.17, 15) is 24.8 Å². The number of nitro benzene ring substituents is 1. The highest BCUT2D eigenvalue weighted by Crippen LogP contribution is 2.35. The van der Waals surface area contributed by atoms with Crippen LogP contribution in [0.1, 0.15) is 24.2 Å². The molecule has 114 valence electrons. The maximum atomic E-state index is 11.6. The van der Waals surface area contributed by atoms with E-state index in [0.29, 0.717) is 0 Å². The van der Waals surface area contributed by atoms with Crippen molar-refractivity contribution >= 4 is 29.3 Å². The zero-order valence-electron chi connectivity index (χ0n) is 11.8. The van der Waals surface area contributed by atoms with Crippen molar-refractivity contribution in [1.29, 1.82) is 0 Å². The molecular weight excluding hydrogens is 296 g/mol. The third kappa shape index (κ3) is 4.19. The molecule has 0 aliphatic heterocycles. The first-order valence-corrected chi connectivity index (χ1v) is 7.05. The number of benzene rings is 1. The molecule has 1 atom stereocenters. The Bertz CT molecular complexity index is 574. The van der Waals surface area contributed by atoms with Gasteiger partial charge in [-0.15, -0.1) is 11.8 Å². The lowest BCUT2D eigenvalue weighted by Gasteiger charge is -2.16. The van der Waals surface area contributed by atoms with Crippen LogP contribution in [0.3, 0.4) is 0 Å². The number of carbonyl (C=O) groups is 2. The zero-order valence-corrected chi connectivity index (χ0v) is 12.6. The number of hydrogen-bond donors (Lipinski definition) is 2. The second-order valence-electron chi connectivity index (χ2n) is 4.64. The Morgan fingerprint density at radius 2 is 2.00 bits per heavy atom. The van der Waals surface area contributed by atoms with E-state index in [-0.39, 0.29) is 28.0 Å². The molecule has 1 unspecified atom stereocenters. The number of nitrogens with zero attached hydrogens (tertiary/aromatic N) is 1. The van der Waals surface area contributed by atoms with Crippen LogP contribution in [0.25, 0.3) is 0 Å². The van der Waals surface area contributed by atoms with Crippen molar-refractivity contribution in [1.82, 2.24) is 5.32 Å². The summed E-state index contributed by atoms with van der Waals surface area (Å²) in [5.74, 6) is -1.64. The predicted molar refractivity (Wildman–Crippen MR) is 78.6 cm³/mol. The molecule has 1 aromatic rings. The van der Waals surface area contributed by atoms with Gasteiger partial charge in [0.15, 0.2) is 0 Å². The Kier molecular flexibility index (Phi) is 5.71. The number of hydrogen-bond acceptors (Lipinski definition) is 5. The molecule has 8 heteroatoms. The molecule has 1 amide bonds. The molecule has 0 radical (unpaired) electrons. The highest BCUT2D eigenvalue weighted by Gasteiger charge is 2.27. The van der Waals surface area contributed by atoms with Gasteiger partial charge >= 0.3 is 5.97 Å². The van der Waals surface area contributed by atoms with E-state index in [1.54, 1.807) is 13.8 Å². The number of rotatable bonds is 6. The number of thioether (sulfide) groups is 1. The molecule has 1 rings (SSSR count). The van der Waals surface area contributed by atoms with Gasteiger partial charge in [0.1, 0.15) is 5.25 Å². The summed E-state index contributed by atoms with van der Waals surface area (Å²) < 4.78 is 0. The Hall–Kier alpha value is -2.09. The number of aliphatic carboxylic acids is 1. The number of amides is 1. The van der Waals surface area contributed by atoms with E-state index in [1.807, 2.05) is 0 Å². The molecule has 0 aliphatic carbocycles. The smallest absolute Gasteiger partial charge is 0.317 e. The predicted octanol–water partition coefficient (Wildman–Crippen LogP) is 2.16. The second-order valence-corrected chi connectivity index (χ2v) is 5.82. The summed E-state index contributed by atoms with van der Waals surface area (Å²) in [4.78, 5) is 33.4. The second kappa shape index (κ2) is 7.07. The van der Waals surface area contributed by atoms with Gasteiger partial charge in [-0.25, -0.2) is 0 Å². The first kappa shape index (κ1) is 17.0. The lowest BCUT2D eigenvalue weighted by molar-refractivity contribution is -0.387. The SMILES string of the molecule is CNC(=O)c1ccc([N+](=O)[O-])c(SC(C(=O)O)C(C)C)c1. The number of nitrogens with one attached hydrogen (secondary N) is 1. The number of carboxylic acid groups (broad SMARTS) is 1. The third-order valence-corrected chi connectivity index (χ3v) is 4.33. The topological polar surface area (TPSA) is 110 Å². The standard InChI is InChI=1S/C13H16N2O5S/c1-7(2)11(13(17)18)21-10-6-8(12(16)14-3)4-5-9(10)15(19)20/h4-7,11H,1-3H3,(H,14,16)(H,17,18). The Labute approximate surface area is 125 Å². The van der Waals surface area contributed by atoms with Gasteiger partial charge in [0.2, 0.25) is 0 Å². The Balaban J connectivity index is 3.26. The van der Waals surface area contributed by atoms with Crippen LogP contribution in [0.15, 0.2) is 23.1 Å². The first-order valence-electron chi connectivity index (χ1n) is 6.18. The minimum Gasteiger partial charge on any atom is -0.480 e. The van der Waals surface area contributed by atoms with E-state index in [1.165, 1.54) is 25.2 Å². The molecule has 0 saturated heterocycles. The van der Waals surface area contributed by atoms with Gasteiger partial charge in [-0.3, -0.25) is 19.7 Å². The molecule has 21 heavy (non-hydrogen) atoms. The van der Waals surface area contributed by atoms with Crippen LogP contribution in [-0.2, 0) is 4.79 Å². The van der Waals surface area contributed by atoms with Gasteiger partial charge < -0.3 is 10.4 Å². The van der Waals surface area contributed by atoms with Gasteiger partial charge in [-0.2, -0.15) is 0 Å². The normalized spacial score (nSPS) is 12.0. The van der Waals surface area contributed by atoms with Crippen LogP contribution in [0.2, 0.25) is 0 Å². The summed E-state index contributed by atoms with van der Waals surface area (Å²) in [6.07, 6.45) is 0. The Morgan fingerprint density at radius 3 is 2.43 bits per heavy atom. The van der Waals surface area contributed by atoms with Crippen molar-refractivity contribution in [2.45, 2.75) is 24.0 Å². The minimum atomic E-state index is -1.05. The fraction of sp³-hybridized carbons (Fsp3) is 0.385. The molecule has 1 aromatic carbocycles. The number of carboxylic acids is 1. The van der Waals surface area contributed by atoms with Crippen molar-refractivity contribution in [3.63, 3.8) is 0 Å². The average molecular weight is 312 g/mol. The van der Waals surface area contributed by atoms with Gasteiger partial charge in [0.05, 0.1) is 9.82 Å². The molecule has 0 fully saturated rings. The van der Waals surface area contributed by atoms with Gasteiger partial charge in [-0.05, 0) is 18.1 Å². The van der Waals surface area contributed by atoms with E-state index in [2.05, 4.69) is 5.32 Å². The van der Waals surface area contributed by atoms with E-state index >= 15 is 0 Å². The zero-order chi connectivity index (χ0) is 16.2. The Morgan fingerprint density at radius 1 is 1.38 bits per heavy atom. The minimum absolute atomic E-state index is 0.169. The lowest BCUT2D eigenvalue weighted by Crippen LogP contribution is -2.23. The van der Waals surface area contributed by atoms with Crippen molar-refractivity contribution in [2.24, 2.45) is 5.92 Å². The fourth-order valence-corrected chi connectivity index (χ4v) is 2.76. The fourth-order valence-electron chi connectivity index (χ4n) is 1.65. The molecule has 7 nitrogen and oxygen atoms in total. The summed E-state index contributed by atoms with van der Waals surface area (Å²) in [6.45, 7) is 3.44. The van der Waals surface area contributed by atoms with Crippen LogP contribution in [0.5, 0.6) is 0 Å². The van der Waals surface area contributed by atoms with E-state index < -0.39 is 16.1 Å². The lowest BCUT2D eigenvalue weighted by atomic mass is 10.1. The summed E-state index contributed by atoms with van der Waals surface area (Å²) >= 11 is 0.881. The van der Waals surface area contributed by atoms with Crippen LogP contribution in [-0.4, -0.2) is 34.2 Å². The molecule has 0 aliphatic rings. The maximum absolute atomic E-state index is 11.6. The van der Waals surface area contributed by atoms with Crippen LogP contribution in [0.4, 0.5) is 5.69 Å². The number of carbonyl (C=O) groups excluding carboxylic acids is 1. The third-order valence-electron chi connectivity index (χ3n) is 2.75. The first-order chi connectivity index (χ1) is 9.77. The summed E-state index contributed by atoms with van der Waals surface area (Å²) in [5, 5.41) is 21.8. The van der Waals surface area contributed by atoms with Crippen molar-refractivity contribution in [3.05, 3.63) is 33.9 Å². The van der Waals surface area contributed by atoms with Crippen molar-refractivity contribution in [3.8, 4) is 0 Å². The summed E-state index contributed by atoms with van der Waals surface area (Å²) in [7, 11) is 1.45. The molecule has 0 spiro atoms. The molecule has 0 saturated carbocycles. The molecule has 0 aromatic heterocycles. The van der Waals surface area contributed by atoms with Crippen LogP contribution >= 0.6 is 11.8 Å². The maximum Gasteiger partial charge on any atom is 0.317 e. The monoisotopic (exact) mass is 312 g/mol.